The van der Waals surface area contributed by atoms with Crippen molar-refractivity contribution in [2.24, 2.45) is 0 Å². The maximum atomic E-state index is 11.1. The molecule has 0 aliphatic heterocycles. The number of aromatic nitrogens is 2. The van der Waals surface area contributed by atoms with Crippen molar-refractivity contribution >= 4 is 22.5 Å². The van der Waals surface area contributed by atoms with Crippen LogP contribution in [0, 0.1) is 0 Å². The summed E-state index contributed by atoms with van der Waals surface area (Å²) in [6.07, 6.45) is 1.73. The van der Waals surface area contributed by atoms with Crippen LogP contribution in [-0.4, -0.2) is 9.97 Å². The molecule has 0 amide bonds. The van der Waals surface area contributed by atoms with Gasteiger partial charge in [-0.2, -0.15) is 0 Å². The van der Waals surface area contributed by atoms with Crippen LogP contribution in [0.4, 0.5) is 11.4 Å². The molecule has 0 unspecified atom stereocenters. The van der Waals surface area contributed by atoms with Crippen LogP contribution < -0.4 is 16.8 Å². The van der Waals surface area contributed by atoms with Crippen molar-refractivity contribution in [1.82, 2.24) is 9.97 Å². The highest BCUT2D eigenvalue weighted by atomic mass is 16.4. The minimum absolute atomic E-state index is 0.450. The van der Waals surface area contributed by atoms with Crippen molar-refractivity contribution in [2.75, 3.05) is 11.1 Å². The third-order valence-electron chi connectivity index (χ3n) is 2.78. The largest absolute Gasteiger partial charge is 0.417 e. The first kappa shape index (κ1) is 11.3. The molecule has 19 heavy (non-hydrogen) atoms. The number of hydrogen-bond acceptors (Lipinski definition) is 5. The number of nitrogen functional groups attached to an aromatic ring is 1. The molecule has 0 aliphatic carbocycles. The highest BCUT2D eigenvalue weighted by Crippen LogP contribution is 2.24. The number of aromatic amines is 1. The number of nitrogens with one attached hydrogen (secondary N) is 2. The number of fused-ring (bicyclic) bond motifs is 1. The topological polar surface area (TPSA) is 96.9 Å². The fraction of sp³-hybridized carbons (Fsp3) is 0.0769. The predicted molar refractivity (Wildman–Crippen MR) is 72.8 cm³/mol. The number of pyridine rings is 1. The van der Waals surface area contributed by atoms with E-state index in [2.05, 4.69) is 15.3 Å². The molecule has 2 aromatic heterocycles. The van der Waals surface area contributed by atoms with Crippen molar-refractivity contribution in [2.45, 2.75) is 6.54 Å². The summed E-state index contributed by atoms with van der Waals surface area (Å²) in [7, 11) is 0. The molecule has 0 radical (unpaired) electrons. The van der Waals surface area contributed by atoms with E-state index in [4.69, 9.17) is 10.2 Å². The van der Waals surface area contributed by atoms with E-state index in [0.717, 1.165) is 11.4 Å². The van der Waals surface area contributed by atoms with Crippen LogP contribution in [0.5, 0.6) is 0 Å². The first-order chi connectivity index (χ1) is 9.22. The van der Waals surface area contributed by atoms with Gasteiger partial charge < -0.3 is 15.5 Å². The van der Waals surface area contributed by atoms with Gasteiger partial charge in [-0.1, -0.05) is 6.07 Å². The van der Waals surface area contributed by atoms with E-state index in [1.165, 1.54) is 0 Å². The summed E-state index contributed by atoms with van der Waals surface area (Å²) >= 11 is 0. The van der Waals surface area contributed by atoms with E-state index in [-0.39, 0.29) is 0 Å². The van der Waals surface area contributed by atoms with Gasteiger partial charge in [0, 0.05) is 12.3 Å². The summed E-state index contributed by atoms with van der Waals surface area (Å²) < 4.78 is 4.94. The molecule has 0 saturated carbocycles. The van der Waals surface area contributed by atoms with Gasteiger partial charge in [-0.25, -0.2) is 4.79 Å². The van der Waals surface area contributed by atoms with Gasteiger partial charge >= 0.3 is 5.76 Å². The molecular formula is C13H12N4O2. The molecule has 6 heteroatoms. The average molecular weight is 256 g/mol. The van der Waals surface area contributed by atoms with Crippen LogP contribution in [0.3, 0.4) is 0 Å². The Morgan fingerprint density at radius 1 is 1.37 bits per heavy atom. The third kappa shape index (κ3) is 2.28. The lowest BCUT2D eigenvalue weighted by Crippen LogP contribution is -2.03. The quantitative estimate of drug-likeness (QED) is 0.620. The Bertz CT molecular complexity index is 761. The Morgan fingerprint density at radius 2 is 2.26 bits per heavy atom. The van der Waals surface area contributed by atoms with Gasteiger partial charge in [0.25, 0.3) is 0 Å². The smallest absolute Gasteiger partial charge is 0.408 e. The molecule has 96 valence electrons. The molecule has 0 bridgehead atoms. The standard InChI is InChI=1S/C13H12N4O2/c14-9-5-12-11(17-13(18)19-12)6-10(9)16-7-8-3-1-2-4-15-8/h1-6,16H,7,14H2,(H,17,18). The van der Waals surface area contributed by atoms with E-state index < -0.39 is 5.76 Å². The number of benzene rings is 1. The van der Waals surface area contributed by atoms with Gasteiger partial charge in [-0.05, 0) is 18.2 Å². The second-order valence-corrected chi connectivity index (χ2v) is 4.12. The second kappa shape index (κ2) is 4.49. The minimum Gasteiger partial charge on any atom is -0.408 e. The first-order valence-corrected chi connectivity index (χ1v) is 5.78. The zero-order valence-corrected chi connectivity index (χ0v) is 10.0. The van der Waals surface area contributed by atoms with Crippen LogP contribution in [-0.2, 0) is 6.54 Å². The van der Waals surface area contributed by atoms with Crippen molar-refractivity contribution in [3.05, 3.63) is 52.8 Å². The summed E-state index contributed by atoms with van der Waals surface area (Å²) in [5.74, 6) is -0.490. The minimum atomic E-state index is -0.490. The Morgan fingerprint density at radius 3 is 3.05 bits per heavy atom. The number of oxazole rings is 1. The third-order valence-corrected chi connectivity index (χ3v) is 2.78. The zero-order chi connectivity index (χ0) is 13.2. The van der Waals surface area contributed by atoms with Crippen LogP contribution in [0.1, 0.15) is 5.69 Å². The lowest BCUT2D eigenvalue weighted by molar-refractivity contribution is 0.555. The highest BCUT2D eigenvalue weighted by Gasteiger charge is 2.06. The SMILES string of the molecule is Nc1cc2oc(=O)[nH]c2cc1NCc1ccccn1. The highest BCUT2D eigenvalue weighted by molar-refractivity contribution is 5.85. The van der Waals surface area contributed by atoms with Gasteiger partial charge in [0.1, 0.15) is 0 Å². The number of H-pyrrole nitrogens is 1. The molecule has 4 N–H and O–H groups in total. The molecule has 1 aromatic carbocycles. The van der Waals surface area contributed by atoms with Crippen molar-refractivity contribution in [1.29, 1.82) is 0 Å². The van der Waals surface area contributed by atoms with Crippen LogP contribution in [0.25, 0.3) is 11.1 Å². The van der Waals surface area contributed by atoms with Crippen LogP contribution in [0.15, 0.2) is 45.7 Å². The van der Waals surface area contributed by atoms with Gasteiger partial charge in [0.15, 0.2) is 5.58 Å². The molecule has 3 rings (SSSR count). The molecule has 2 heterocycles. The van der Waals surface area contributed by atoms with Crippen molar-refractivity contribution < 1.29 is 4.42 Å². The number of hydrogen-bond donors (Lipinski definition) is 3. The Kier molecular flexibility index (Phi) is 2.68. The monoisotopic (exact) mass is 256 g/mol. The summed E-state index contributed by atoms with van der Waals surface area (Å²) in [6, 6.07) is 9.07. The first-order valence-electron chi connectivity index (χ1n) is 5.78. The van der Waals surface area contributed by atoms with Crippen molar-refractivity contribution in [3.63, 3.8) is 0 Å². The number of nitrogens with zero attached hydrogens (tertiary/aromatic N) is 1. The molecule has 0 atom stereocenters. The van der Waals surface area contributed by atoms with Gasteiger partial charge in [0.2, 0.25) is 0 Å². The Balaban J connectivity index is 1.88. The lowest BCUT2D eigenvalue weighted by Gasteiger charge is -2.08. The number of rotatable bonds is 3. The molecule has 3 aromatic rings. The predicted octanol–water partition coefficient (Wildman–Crippen LogP) is 1.71. The fourth-order valence-electron chi connectivity index (χ4n) is 1.85. The van der Waals surface area contributed by atoms with Gasteiger partial charge in [-0.3, -0.25) is 9.97 Å². The maximum Gasteiger partial charge on any atom is 0.417 e. The van der Waals surface area contributed by atoms with E-state index in [1.54, 1.807) is 18.3 Å². The molecule has 6 nitrogen and oxygen atoms in total. The van der Waals surface area contributed by atoms with E-state index in [0.29, 0.717) is 23.3 Å². The van der Waals surface area contributed by atoms with E-state index >= 15 is 0 Å². The Labute approximate surface area is 108 Å². The molecular weight excluding hydrogens is 244 g/mol. The van der Waals surface area contributed by atoms with E-state index in [9.17, 15) is 4.79 Å². The van der Waals surface area contributed by atoms with Crippen molar-refractivity contribution in [3.8, 4) is 0 Å². The summed E-state index contributed by atoms with van der Waals surface area (Å²) in [4.78, 5) is 17.9. The summed E-state index contributed by atoms with van der Waals surface area (Å²) in [5, 5.41) is 3.18. The maximum absolute atomic E-state index is 11.1. The Hall–Kier alpha value is -2.76. The van der Waals surface area contributed by atoms with Crippen LogP contribution >= 0.6 is 0 Å². The zero-order valence-electron chi connectivity index (χ0n) is 10.0. The van der Waals surface area contributed by atoms with Gasteiger partial charge in [0.05, 0.1) is 29.1 Å². The lowest BCUT2D eigenvalue weighted by atomic mass is 10.2. The number of nitrogens with two attached hydrogens (primary N) is 1. The summed E-state index contributed by atoms with van der Waals surface area (Å²) in [5.41, 5.74) is 9.12. The molecule has 0 saturated heterocycles. The molecule has 0 fully saturated rings. The normalized spacial score (nSPS) is 10.7. The van der Waals surface area contributed by atoms with Crippen LogP contribution in [0.2, 0.25) is 0 Å². The summed E-state index contributed by atoms with van der Waals surface area (Å²) in [6.45, 7) is 0.554. The fourth-order valence-corrected chi connectivity index (χ4v) is 1.85. The molecule has 0 spiro atoms. The average Bonchev–Trinajstić information content (AvgIpc) is 2.76. The van der Waals surface area contributed by atoms with E-state index in [1.807, 2.05) is 18.2 Å². The number of anilines is 2. The second-order valence-electron chi connectivity index (χ2n) is 4.12. The molecule has 0 aliphatic rings. The van der Waals surface area contributed by atoms with Gasteiger partial charge in [-0.15, -0.1) is 0 Å².